The summed E-state index contributed by atoms with van der Waals surface area (Å²) in [5, 5.41) is 9.87. The second-order valence-electron chi connectivity index (χ2n) is 7.89. The number of rotatable bonds is 4. The van der Waals surface area contributed by atoms with E-state index in [-0.39, 0.29) is 30.0 Å². The van der Waals surface area contributed by atoms with Gasteiger partial charge in [0.1, 0.15) is 30.0 Å². The summed E-state index contributed by atoms with van der Waals surface area (Å²) in [4.78, 5) is 22.8. The van der Waals surface area contributed by atoms with Gasteiger partial charge in [-0.15, -0.1) is 0 Å². The van der Waals surface area contributed by atoms with Crippen molar-refractivity contribution in [2.24, 2.45) is 16.8 Å². The molecule has 0 radical (unpaired) electrons. The Bertz CT molecular complexity index is 880. The van der Waals surface area contributed by atoms with E-state index in [1.807, 2.05) is 26.8 Å². The molecule has 28 heavy (non-hydrogen) atoms. The van der Waals surface area contributed by atoms with Gasteiger partial charge in [0.2, 0.25) is 11.8 Å². The quantitative estimate of drug-likeness (QED) is 0.858. The summed E-state index contributed by atoms with van der Waals surface area (Å²) < 4.78 is 13.1. The van der Waals surface area contributed by atoms with Crippen molar-refractivity contribution in [3.63, 3.8) is 0 Å². The molecule has 7 heteroatoms. The van der Waals surface area contributed by atoms with Crippen LogP contribution < -0.4 is 10.3 Å². The summed E-state index contributed by atoms with van der Waals surface area (Å²) in [6, 6.07) is -0.328. The van der Waals surface area contributed by atoms with Gasteiger partial charge in [-0.05, 0) is 31.3 Å². The van der Waals surface area contributed by atoms with Crippen LogP contribution in [0.1, 0.15) is 58.5 Å². The molecule has 0 saturated carbocycles. The third-order valence-corrected chi connectivity index (χ3v) is 4.53. The van der Waals surface area contributed by atoms with Crippen LogP contribution in [0.15, 0.2) is 21.9 Å². The Morgan fingerprint density at radius 2 is 2.14 bits per heavy atom. The van der Waals surface area contributed by atoms with Crippen LogP contribution in [0.3, 0.4) is 0 Å². The lowest BCUT2D eigenvalue weighted by Crippen LogP contribution is -2.38. The van der Waals surface area contributed by atoms with Gasteiger partial charge >= 0.3 is 0 Å². The Morgan fingerprint density at radius 1 is 1.39 bits per heavy atom. The predicted molar refractivity (Wildman–Crippen MR) is 109 cm³/mol. The maximum Gasteiger partial charge on any atom is 0.265 e. The zero-order chi connectivity index (χ0) is 20.4. The summed E-state index contributed by atoms with van der Waals surface area (Å²) in [6.07, 6.45) is 5.05. The molecular formula is C21H29N3O4. The molecule has 1 unspecified atom stereocenters. The van der Waals surface area contributed by atoms with Gasteiger partial charge in [0.25, 0.3) is 5.56 Å². The highest BCUT2D eigenvalue weighted by Gasteiger charge is 2.33. The number of aliphatic hydroxyl groups excluding tert-OH is 1. The zero-order valence-corrected chi connectivity index (χ0v) is 17.2. The largest absolute Gasteiger partial charge is 0.480 e. The first-order valence-corrected chi connectivity index (χ1v) is 9.91. The molecule has 1 aromatic heterocycles. The molecule has 3 rings (SSSR count). The Kier molecular flexibility index (Phi) is 6.03. The lowest BCUT2D eigenvalue weighted by molar-refractivity contribution is 0.143. The highest BCUT2D eigenvalue weighted by molar-refractivity contribution is 5.89. The van der Waals surface area contributed by atoms with E-state index in [1.54, 1.807) is 16.7 Å². The Morgan fingerprint density at radius 3 is 2.79 bits per heavy atom. The van der Waals surface area contributed by atoms with Crippen LogP contribution in [-0.2, 0) is 4.74 Å². The number of hydrogen-bond acceptors (Lipinski definition) is 6. The Balaban J connectivity index is 2.27. The van der Waals surface area contributed by atoms with Crippen molar-refractivity contribution >= 4 is 17.7 Å². The average molecular weight is 387 g/mol. The van der Waals surface area contributed by atoms with Crippen LogP contribution in [0.4, 0.5) is 0 Å². The molecular weight excluding hydrogens is 358 g/mol. The van der Waals surface area contributed by atoms with Crippen molar-refractivity contribution in [1.29, 1.82) is 0 Å². The molecule has 0 amide bonds. The van der Waals surface area contributed by atoms with Crippen molar-refractivity contribution in [3.8, 4) is 5.88 Å². The van der Waals surface area contributed by atoms with E-state index in [0.29, 0.717) is 41.9 Å². The van der Waals surface area contributed by atoms with E-state index in [0.717, 1.165) is 0 Å². The molecule has 0 spiro atoms. The zero-order valence-electron chi connectivity index (χ0n) is 17.2. The van der Waals surface area contributed by atoms with Crippen molar-refractivity contribution in [3.05, 3.63) is 33.9 Å². The fourth-order valence-electron chi connectivity index (χ4n) is 3.39. The number of aromatic nitrogens is 2. The molecule has 2 atom stereocenters. The molecule has 0 saturated heterocycles. The van der Waals surface area contributed by atoms with E-state index in [4.69, 9.17) is 14.5 Å². The second kappa shape index (κ2) is 8.31. The van der Waals surface area contributed by atoms with Gasteiger partial charge in [0.15, 0.2) is 5.82 Å². The fourth-order valence-corrected chi connectivity index (χ4v) is 3.39. The molecule has 2 aliphatic heterocycles. The van der Waals surface area contributed by atoms with E-state index in [2.05, 4.69) is 18.8 Å². The summed E-state index contributed by atoms with van der Waals surface area (Å²) in [5.74, 6) is 1.81. The van der Waals surface area contributed by atoms with Gasteiger partial charge in [0, 0.05) is 0 Å². The maximum absolute atomic E-state index is 13.5. The van der Waals surface area contributed by atoms with Gasteiger partial charge < -0.3 is 14.6 Å². The lowest BCUT2D eigenvalue weighted by Gasteiger charge is -2.30. The number of ether oxygens (including phenoxy) is 2. The van der Waals surface area contributed by atoms with Crippen molar-refractivity contribution < 1.29 is 14.6 Å². The van der Waals surface area contributed by atoms with Crippen LogP contribution in [0.25, 0.3) is 11.8 Å². The minimum absolute atomic E-state index is 0.0610. The molecule has 1 aromatic rings. The number of aliphatic imine (C=N–C) groups is 1. The van der Waals surface area contributed by atoms with Crippen LogP contribution in [0.2, 0.25) is 0 Å². The van der Waals surface area contributed by atoms with Crippen LogP contribution in [0, 0.1) is 11.8 Å². The minimum Gasteiger partial charge on any atom is -0.480 e. The fraction of sp³-hybridized carbons (Fsp3) is 0.571. The Hall–Kier alpha value is -2.41. The molecule has 1 N–H and O–H groups in total. The maximum atomic E-state index is 13.5. The van der Waals surface area contributed by atoms with Crippen LogP contribution in [-0.4, -0.2) is 39.9 Å². The topological polar surface area (TPSA) is 85.9 Å². The molecule has 2 aliphatic rings. The van der Waals surface area contributed by atoms with Crippen molar-refractivity contribution in [2.45, 2.75) is 53.2 Å². The number of aliphatic hydroxyl groups is 1. The number of hydrogen-bond donors (Lipinski definition) is 1. The molecule has 0 fully saturated rings. The van der Waals surface area contributed by atoms with E-state index in [9.17, 15) is 9.90 Å². The number of nitrogens with zero attached hydrogens (tertiary/aromatic N) is 3. The second-order valence-corrected chi connectivity index (χ2v) is 7.89. The predicted octanol–water partition coefficient (Wildman–Crippen LogP) is 3.04. The van der Waals surface area contributed by atoms with Gasteiger partial charge in [-0.2, -0.15) is 4.98 Å². The first kappa shape index (κ1) is 20.3. The number of allylic oxidation sites excluding steroid dienone is 1. The van der Waals surface area contributed by atoms with Gasteiger partial charge in [-0.1, -0.05) is 39.8 Å². The molecule has 152 valence electrons. The van der Waals surface area contributed by atoms with Crippen molar-refractivity contribution in [1.82, 2.24) is 9.55 Å². The monoisotopic (exact) mass is 387 g/mol. The first-order chi connectivity index (χ1) is 13.3. The number of fused-ring (bicyclic) bond motifs is 2. The molecule has 0 aliphatic carbocycles. The summed E-state index contributed by atoms with van der Waals surface area (Å²) in [6.45, 7) is 10.7. The highest BCUT2D eigenvalue weighted by Crippen LogP contribution is 2.32. The molecule has 0 aromatic carbocycles. The van der Waals surface area contributed by atoms with Crippen molar-refractivity contribution in [2.75, 3.05) is 13.2 Å². The molecule has 7 nitrogen and oxygen atoms in total. The highest BCUT2D eigenvalue weighted by atomic mass is 16.5. The third kappa shape index (κ3) is 4.04. The summed E-state index contributed by atoms with van der Waals surface area (Å²) in [7, 11) is 0. The molecule has 3 heterocycles. The van der Waals surface area contributed by atoms with Gasteiger partial charge in [-0.25, -0.2) is 4.99 Å². The average Bonchev–Trinajstić information content (AvgIpc) is 2.80. The van der Waals surface area contributed by atoms with Crippen LogP contribution in [0.5, 0.6) is 5.88 Å². The standard InChI is InChI=1S/C21H29N3O4/c1-6-27-20-17(10-13(4)5)24-18(16(22-20)9-12(2)3)23-19-15(21(24)26)8-7-14(25)11-28-19/h7-9,12-14,17,25H,6,10-11H2,1-5H3/b16-9-/t14?,17-/m1/s1. The van der Waals surface area contributed by atoms with Crippen LogP contribution >= 0.6 is 0 Å². The summed E-state index contributed by atoms with van der Waals surface area (Å²) >= 11 is 0. The molecule has 0 bridgehead atoms. The van der Waals surface area contributed by atoms with E-state index in [1.165, 1.54) is 0 Å². The van der Waals surface area contributed by atoms with Gasteiger partial charge in [0.05, 0.1) is 6.61 Å². The SMILES string of the molecule is CCOC1=N/C(=C\C(C)C)c2nc3c(c(=O)n2[C@@H]1CC(C)C)C=CC(O)CO3. The van der Waals surface area contributed by atoms with E-state index >= 15 is 0 Å². The Labute approximate surface area is 165 Å². The lowest BCUT2D eigenvalue weighted by atomic mass is 10.0. The third-order valence-electron chi connectivity index (χ3n) is 4.53. The minimum atomic E-state index is -0.775. The summed E-state index contributed by atoms with van der Waals surface area (Å²) in [5.41, 5.74) is 0.740. The smallest absolute Gasteiger partial charge is 0.265 e. The van der Waals surface area contributed by atoms with Gasteiger partial charge in [-0.3, -0.25) is 9.36 Å². The first-order valence-electron chi connectivity index (χ1n) is 9.91. The normalized spacial score (nSPS) is 22.6. The van der Waals surface area contributed by atoms with E-state index < -0.39 is 6.10 Å².